The van der Waals surface area contributed by atoms with E-state index in [2.05, 4.69) is 0 Å². The maximum Gasteiger partial charge on any atom is 0.310 e. The van der Waals surface area contributed by atoms with Crippen molar-refractivity contribution in [2.45, 2.75) is 47.1 Å². The van der Waals surface area contributed by atoms with Gasteiger partial charge in [-0.1, -0.05) is 13.8 Å². The van der Waals surface area contributed by atoms with Crippen LogP contribution in [0.15, 0.2) is 12.1 Å². The van der Waals surface area contributed by atoms with Gasteiger partial charge in [0, 0.05) is 23.2 Å². The molecule has 0 fully saturated rings. The van der Waals surface area contributed by atoms with E-state index in [0.29, 0.717) is 0 Å². The second-order valence-electron chi connectivity index (χ2n) is 6.18. The van der Waals surface area contributed by atoms with E-state index in [-0.39, 0.29) is 24.3 Å². The van der Waals surface area contributed by atoms with Crippen LogP contribution in [-0.2, 0) is 9.59 Å². The van der Waals surface area contributed by atoms with Crippen molar-refractivity contribution in [3.63, 3.8) is 0 Å². The predicted molar refractivity (Wildman–Crippen MR) is 85.4 cm³/mol. The van der Waals surface area contributed by atoms with Gasteiger partial charge in [-0.25, -0.2) is 0 Å². The predicted octanol–water partition coefficient (Wildman–Crippen LogP) is 3.71. The Hall–Kier alpha value is -1.36. The number of thiophene rings is 1. The van der Waals surface area contributed by atoms with Crippen molar-refractivity contribution < 1.29 is 14.7 Å². The third kappa shape index (κ3) is 3.84. The van der Waals surface area contributed by atoms with Gasteiger partial charge in [-0.3, -0.25) is 9.59 Å². The molecular formula is C16H25NO3S. The van der Waals surface area contributed by atoms with Crippen LogP contribution in [0.1, 0.15) is 49.9 Å². The molecule has 0 radical (unpaired) electrons. The van der Waals surface area contributed by atoms with Gasteiger partial charge in [0.2, 0.25) is 5.91 Å². The van der Waals surface area contributed by atoms with E-state index in [1.54, 1.807) is 30.2 Å². The van der Waals surface area contributed by atoms with Gasteiger partial charge in [0.1, 0.15) is 0 Å². The number of amides is 1. The van der Waals surface area contributed by atoms with Crippen LogP contribution < -0.4 is 0 Å². The lowest BCUT2D eigenvalue weighted by atomic mass is 9.76. The van der Waals surface area contributed by atoms with Crippen LogP contribution in [-0.4, -0.2) is 28.9 Å². The van der Waals surface area contributed by atoms with Crippen LogP contribution in [0, 0.1) is 18.3 Å². The highest BCUT2D eigenvalue weighted by atomic mass is 32.1. The van der Waals surface area contributed by atoms with Crippen molar-refractivity contribution in [1.82, 2.24) is 4.90 Å². The molecule has 4 nitrogen and oxygen atoms in total. The second kappa shape index (κ2) is 6.60. The number of carboxylic acid groups (broad SMARTS) is 1. The molecule has 2 unspecified atom stereocenters. The molecule has 5 heteroatoms. The SMILES string of the molecule is Cc1ccc(C(C)N(C)C(=O)CC(C)(C(=O)O)C(C)C)s1. The maximum atomic E-state index is 12.5. The summed E-state index contributed by atoms with van der Waals surface area (Å²) in [7, 11) is 1.74. The molecule has 1 N–H and O–H groups in total. The highest BCUT2D eigenvalue weighted by Gasteiger charge is 2.40. The van der Waals surface area contributed by atoms with Crippen molar-refractivity contribution in [1.29, 1.82) is 0 Å². The van der Waals surface area contributed by atoms with Gasteiger partial charge < -0.3 is 10.0 Å². The number of carbonyl (C=O) groups is 2. The lowest BCUT2D eigenvalue weighted by molar-refractivity contribution is -0.155. The quantitative estimate of drug-likeness (QED) is 0.871. The Bertz CT molecular complexity index is 523. The molecule has 1 aromatic rings. The molecule has 2 atom stereocenters. The van der Waals surface area contributed by atoms with Crippen LogP contribution in [0.25, 0.3) is 0 Å². The molecular weight excluding hydrogens is 286 g/mol. The number of nitrogens with zero attached hydrogens (tertiary/aromatic N) is 1. The first-order chi connectivity index (χ1) is 9.59. The summed E-state index contributed by atoms with van der Waals surface area (Å²) in [5.74, 6) is -1.15. The minimum Gasteiger partial charge on any atom is -0.481 e. The Labute approximate surface area is 130 Å². The summed E-state index contributed by atoms with van der Waals surface area (Å²) in [5, 5.41) is 9.42. The lowest BCUT2D eigenvalue weighted by Crippen LogP contribution is -2.40. The summed E-state index contributed by atoms with van der Waals surface area (Å²) < 4.78 is 0. The number of carbonyl (C=O) groups excluding carboxylic acids is 1. The van der Waals surface area contributed by atoms with E-state index in [0.717, 1.165) is 4.88 Å². The van der Waals surface area contributed by atoms with Gasteiger partial charge >= 0.3 is 5.97 Å². The lowest BCUT2D eigenvalue weighted by Gasteiger charge is -2.32. The molecule has 0 spiro atoms. The van der Waals surface area contributed by atoms with Crippen molar-refractivity contribution in [2.24, 2.45) is 11.3 Å². The summed E-state index contributed by atoms with van der Waals surface area (Å²) >= 11 is 1.66. The van der Waals surface area contributed by atoms with E-state index < -0.39 is 11.4 Å². The Kier molecular flexibility index (Phi) is 5.56. The Morgan fingerprint density at radius 1 is 1.33 bits per heavy atom. The van der Waals surface area contributed by atoms with Crippen molar-refractivity contribution in [3.05, 3.63) is 21.9 Å². The zero-order chi connectivity index (χ0) is 16.4. The first-order valence-corrected chi connectivity index (χ1v) is 7.96. The topological polar surface area (TPSA) is 57.6 Å². The minimum absolute atomic E-state index is 0.0190. The Morgan fingerprint density at radius 2 is 1.90 bits per heavy atom. The number of rotatable bonds is 6. The van der Waals surface area contributed by atoms with E-state index in [9.17, 15) is 14.7 Å². The first-order valence-electron chi connectivity index (χ1n) is 7.15. The van der Waals surface area contributed by atoms with E-state index in [4.69, 9.17) is 0 Å². The number of aryl methyl sites for hydroxylation is 1. The number of carboxylic acids is 1. The highest BCUT2D eigenvalue weighted by molar-refractivity contribution is 7.12. The smallest absolute Gasteiger partial charge is 0.310 e. The van der Waals surface area contributed by atoms with Gasteiger partial charge in [-0.2, -0.15) is 0 Å². The molecule has 0 aliphatic carbocycles. The van der Waals surface area contributed by atoms with Gasteiger partial charge in [-0.15, -0.1) is 11.3 Å². The molecule has 0 aliphatic rings. The fraction of sp³-hybridized carbons (Fsp3) is 0.625. The van der Waals surface area contributed by atoms with Crippen LogP contribution in [0.2, 0.25) is 0 Å². The molecule has 1 amide bonds. The molecule has 0 aromatic carbocycles. The number of aliphatic carboxylic acids is 1. The van der Waals surface area contributed by atoms with E-state index >= 15 is 0 Å². The standard InChI is InChI=1S/C16H25NO3S/c1-10(2)16(5,15(19)20)9-14(18)17(6)12(4)13-8-7-11(3)21-13/h7-8,10,12H,9H2,1-6H3,(H,19,20). The van der Waals surface area contributed by atoms with Crippen molar-refractivity contribution >= 4 is 23.2 Å². The number of hydrogen-bond donors (Lipinski definition) is 1. The highest BCUT2D eigenvalue weighted by Crippen LogP contribution is 2.34. The summed E-state index contributed by atoms with van der Waals surface area (Å²) in [6.07, 6.45) is 0.0190. The first kappa shape index (κ1) is 17.7. The van der Waals surface area contributed by atoms with Gasteiger partial charge in [-0.05, 0) is 38.8 Å². The normalized spacial score (nSPS) is 15.6. The Morgan fingerprint density at radius 3 is 2.29 bits per heavy atom. The molecule has 0 saturated carbocycles. The average molecular weight is 311 g/mol. The third-order valence-corrected chi connectivity index (χ3v) is 5.60. The average Bonchev–Trinajstić information content (AvgIpc) is 2.82. The van der Waals surface area contributed by atoms with Gasteiger partial charge in [0.05, 0.1) is 11.5 Å². The molecule has 118 valence electrons. The molecule has 1 heterocycles. The zero-order valence-electron chi connectivity index (χ0n) is 13.6. The summed E-state index contributed by atoms with van der Waals surface area (Å²) in [4.78, 5) is 27.9. The zero-order valence-corrected chi connectivity index (χ0v) is 14.5. The van der Waals surface area contributed by atoms with Crippen LogP contribution >= 0.6 is 11.3 Å². The minimum atomic E-state index is -1.03. The Balaban J connectivity index is 2.85. The fourth-order valence-electron chi connectivity index (χ4n) is 2.05. The molecule has 0 bridgehead atoms. The van der Waals surface area contributed by atoms with Crippen LogP contribution in [0.3, 0.4) is 0 Å². The van der Waals surface area contributed by atoms with E-state index in [1.807, 2.05) is 39.8 Å². The summed E-state index contributed by atoms with van der Waals surface area (Å²) in [5.41, 5.74) is -1.03. The third-order valence-electron chi connectivity index (χ3n) is 4.43. The second-order valence-corrected chi connectivity index (χ2v) is 7.50. The molecule has 0 aliphatic heterocycles. The van der Waals surface area contributed by atoms with Crippen molar-refractivity contribution in [3.8, 4) is 0 Å². The van der Waals surface area contributed by atoms with Crippen LogP contribution in [0.4, 0.5) is 0 Å². The maximum absolute atomic E-state index is 12.5. The summed E-state index contributed by atoms with van der Waals surface area (Å²) in [6.45, 7) is 9.33. The van der Waals surface area contributed by atoms with Gasteiger partial charge in [0.25, 0.3) is 0 Å². The monoisotopic (exact) mass is 311 g/mol. The summed E-state index contributed by atoms with van der Waals surface area (Å²) in [6, 6.07) is 4.01. The molecule has 21 heavy (non-hydrogen) atoms. The van der Waals surface area contributed by atoms with Crippen LogP contribution in [0.5, 0.6) is 0 Å². The fourth-order valence-corrected chi connectivity index (χ4v) is 3.02. The molecule has 1 aromatic heterocycles. The number of hydrogen-bond acceptors (Lipinski definition) is 3. The largest absolute Gasteiger partial charge is 0.481 e. The molecule has 0 saturated heterocycles. The van der Waals surface area contributed by atoms with Crippen molar-refractivity contribution in [2.75, 3.05) is 7.05 Å². The van der Waals surface area contributed by atoms with Gasteiger partial charge in [0.15, 0.2) is 0 Å². The van der Waals surface area contributed by atoms with E-state index in [1.165, 1.54) is 4.88 Å². The molecule has 1 rings (SSSR count).